The maximum absolute atomic E-state index is 12.9. The molecular weight excluding hydrogens is 406 g/mol. The second-order valence-corrected chi connectivity index (χ2v) is 8.87. The summed E-state index contributed by atoms with van der Waals surface area (Å²) in [4.78, 5) is 24.1. The lowest BCUT2D eigenvalue weighted by Crippen LogP contribution is -2.36. The van der Waals surface area contributed by atoms with Gasteiger partial charge in [0, 0.05) is 48.5 Å². The summed E-state index contributed by atoms with van der Waals surface area (Å²) in [6.07, 6.45) is 8.61. The van der Waals surface area contributed by atoms with E-state index in [1.807, 2.05) is 41.1 Å². The number of benzene rings is 1. The minimum Gasteiger partial charge on any atom is -0.454 e. The molecule has 8 nitrogen and oxygen atoms in total. The molecule has 4 heterocycles. The molecule has 2 fully saturated rings. The van der Waals surface area contributed by atoms with E-state index in [2.05, 4.69) is 26.3 Å². The number of piperidine rings is 1. The zero-order valence-corrected chi connectivity index (χ0v) is 17.7. The summed E-state index contributed by atoms with van der Waals surface area (Å²) in [6.45, 7) is 3.08. The molecule has 6 rings (SSSR count). The van der Waals surface area contributed by atoms with Gasteiger partial charge >= 0.3 is 0 Å². The van der Waals surface area contributed by atoms with Crippen LogP contribution in [-0.2, 0) is 11.3 Å². The molecule has 1 aliphatic carbocycles. The van der Waals surface area contributed by atoms with Crippen LogP contribution in [-0.4, -0.2) is 45.2 Å². The van der Waals surface area contributed by atoms with Crippen LogP contribution in [0.15, 0.2) is 55.0 Å². The van der Waals surface area contributed by atoms with Gasteiger partial charge in [-0.3, -0.25) is 14.3 Å². The van der Waals surface area contributed by atoms with Crippen molar-refractivity contribution in [3.8, 4) is 17.4 Å². The van der Waals surface area contributed by atoms with E-state index in [0.29, 0.717) is 11.7 Å². The Balaban J connectivity index is 1.05. The number of anilines is 1. The largest absolute Gasteiger partial charge is 0.454 e. The van der Waals surface area contributed by atoms with Crippen LogP contribution in [0, 0.1) is 11.3 Å². The summed E-state index contributed by atoms with van der Waals surface area (Å²) in [5, 5.41) is 3.07. The maximum atomic E-state index is 12.9. The first kappa shape index (κ1) is 19.3. The Hall–Kier alpha value is -3.39. The van der Waals surface area contributed by atoms with E-state index in [9.17, 15) is 4.79 Å². The molecule has 1 amide bonds. The van der Waals surface area contributed by atoms with E-state index in [4.69, 9.17) is 9.47 Å². The molecule has 1 N–H and O–H groups in total. The van der Waals surface area contributed by atoms with Gasteiger partial charge < -0.3 is 14.8 Å². The Morgan fingerprint density at radius 3 is 2.75 bits per heavy atom. The van der Waals surface area contributed by atoms with Crippen LogP contribution < -0.4 is 14.8 Å². The molecule has 2 aromatic heterocycles. The number of carbonyl (C=O) groups excluding carboxylic acids is 1. The SMILES string of the molecule is O=C(Nc1ccc2c(c1)OCO2)C1CC12CCN(Cc1cccn1-c1ncccn1)CC2. The fraction of sp³-hybridized carbons (Fsp3) is 0.375. The lowest BCUT2D eigenvalue weighted by Gasteiger charge is -2.32. The van der Waals surface area contributed by atoms with Gasteiger partial charge in [-0.2, -0.15) is 0 Å². The van der Waals surface area contributed by atoms with Gasteiger partial charge in [0.15, 0.2) is 11.5 Å². The number of aromatic nitrogens is 3. The number of nitrogens with zero attached hydrogens (tertiary/aromatic N) is 4. The first-order valence-corrected chi connectivity index (χ1v) is 11.1. The summed E-state index contributed by atoms with van der Waals surface area (Å²) >= 11 is 0. The van der Waals surface area contributed by atoms with Crippen molar-refractivity contribution < 1.29 is 14.3 Å². The van der Waals surface area contributed by atoms with Gasteiger partial charge in [-0.15, -0.1) is 0 Å². The highest BCUT2D eigenvalue weighted by atomic mass is 16.7. The van der Waals surface area contributed by atoms with Crippen LogP contribution in [0.2, 0.25) is 0 Å². The Morgan fingerprint density at radius 1 is 1.09 bits per heavy atom. The van der Waals surface area contributed by atoms with E-state index in [-0.39, 0.29) is 24.0 Å². The van der Waals surface area contributed by atoms with Crippen LogP contribution in [0.3, 0.4) is 0 Å². The third-order valence-corrected chi connectivity index (χ3v) is 6.98. The summed E-state index contributed by atoms with van der Waals surface area (Å²) in [5.74, 6) is 2.32. The smallest absolute Gasteiger partial charge is 0.233 e. The minimum atomic E-state index is 0.0941. The molecular formula is C24H25N5O3. The number of likely N-dealkylation sites (tertiary alicyclic amines) is 1. The Morgan fingerprint density at radius 2 is 1.91 bits per heavy atom. The predicted molar refractivity (Wildman–Crippen MR) is 118 cm³/mol. The van der Waals surface area contributed by atoms with Gasteiger partial charge in [-0.25, -0.2) is 9.97 Å². The summed E-state index contributed by atoms with van der Waals surface area (Å²) in [7, 11) is 0. The molecule has 1 saturated heterocycles. The third-order valence-electron chi connectivity index (χ3n) is 6.98. The molecule has 8 heteroatoms. The summed E-state index contributed by atoms with van der Waals surface area (Å²) in [6, 6.07) is 11.5. The highest BCUT2D eigenvalue weighted by molar-refractivity contribution is 5.95. The number of hydrogen-bond donors (Lipinski definition) is 1. The second kappa shape index (κ2) is 7.63. The fourth-order valence-corrected chi connectivity index (χ4v) is 5.02. The highest BCUT2D eigenvalue weighted by Gasteiger charge is 2.58. The molecule has 1 unspecified atom stereocenters. The second-order valence-electron chi connectivity index (χ2n) is 8.87. The first-order chi connectivity index (χ1) is 15.7. The average molecular weight is 431 g/mol. The molecule has 3 aliphatic rings. The molecule has 1 aromatic carbocycles. The number of amides is 1. The van der Waals surface area contributed by atoms with E-state index in [1.165, 1.54) is 5.69 Å². The number of fused-ring (bicyclic) bond motifs is 1. The van der Waals surface area contributed by atoms with Gasteiger partial charge in [0.25, 0.3) is 0 Å². The average Bonchev–Trinajstić information content (AvgIpc) is 3.15. The van der Waals surface area contributed by atoms with Crippen molar-refractivity contribution in [2.75, 3.05) is 25.2 Å². The van der Waals surface area contributed by atoms with E-state index >= 15 is 0 Å². The number of ether oxygens (including phenoxy) is 2. The van der Waals surface area contributed by atoms with Crippen molar-refractivity contribution in [2.24, 2.45) is 11.3 Å². The predicted octanol–water partition coefficient (Wildman–Crippen LogP) is 3.24. The Kier molecular flexibility index (Phi) is 4.61. The van der Waals surface area contributed by atoms with Gasteiger partial charge in [0.05, 0.1) is 0 Å². The van der Waals surface area contributed by atoms with E-state index in [0.717, 1.165) is 50.3 Å². The molecule has 1 saturated carbocycles. The van der Waals surface area contributed by atoms with Gasteiger partial charge in [0.2, 0.25) is 18.6 Å². The van der Waals surface area contributed by atoms with Gasteiger partial charge in [0.1, 0.15) is 0 Å². The number of nitrogens with one attached hydrogen (secondary N) is 1. The summed E-state index contributed by atoms with van der Waals surface area (Å²) < 4.78 is 12.8. The molecule has 1 spiro atoms. The monoisotopic (exact) mass is 431 g/mol. The van der Waals surface area contributed by atoms with Crippen LogP contribution >= 0.6 is 0 Å². The molecule has 1 atom stereocenters. The van der Waals surface area contributed by atoms with Gasteiger partial charge in [-0.05, 0) is 68.1 Å². The van der Waals surface area contributed by atoms with Crippen LogP contribution in [0.5, 0.6) is 11.5 Å². The maximum Gasteiger partial charge on any atom is 0.233 e. The van der Waals surface area contributed by atoms with Crippen molar-refractivity contribution in [1.29, 1.82) is 0 Å². The van der Waals surface area contributed by atoms with Crippen LogP contribution in [0.4, 0.5) is 5.69 Å². The van der Waals surface area contributed by atoms with Crippen LogP contribution in [0.25, 0.3) is 5.95 Å². The highest BCUT2D eigenvalue weighted by Crippen LogP contribution is 2.59. The quantitative estimate of drug-likeness (QED) is 0.668. The number of carbonyl (C=O) groups is 1. The normalized spacial score (nSPS) is 20.9. The van der Waals surface area contributed by atoms with E-state index in [1.54, 1.807) is 12.4 Å². The topological polar surface area (TPSA) is 81.5 Å². The standard InChI is InChI=1S/C24H25N5O3/c30-22(27-17-4-5-20-21(13-17)32-16-31-20)19-14-24(19)6-11-28(12-7-24)15-18-3-1-10-29(18)23-25-8-2-9-26-23/h1-5,8-10,13,19H,6-7,11-12,14-16H2,(H,27,30). The Bertz CT molecular complexity index is 1140. The van der Waals surface area contributed by atoms with Crippen molar-refractivity contribution in [3.63, 3.8) is 0 Å². The van der Waals surface area contributed by atoms with Crippen molar-refractivity contribution in [3.05, 3.63) is 60.7 Å². The molecule has 0 radical (unpaired) electrons. The number of hydrogen-bond acceptors (Lipinski definition) is 6. The Labute approximate surface area is 186 Å². The molecule has 32 heavy (non-hydrogen) atoms. The molecule has 0 bridgehead atoms. The van der Waals surface area contributed by atoms with Gasteiger partial charge in [-0.1, -0.05) is 0 Å². The molecule has 2 aliphatic heterocycles. The minimum absolute atomic E-state index is 0.0941. The van der Waals surface area contributed by atoms with E-state index < -0.39 is 0 Å². The van der Waals surface area contributed by atoms with Crippen molar-refractivity contribution in [1.82, 2.24) is 19.4 Å². The zero-order valence-electron chi connectivity index (χ0n) is 17.7. The zero-order chi connectivity index (χ0) is 21.5. The number of rotatable bonds is 5. The first-order valence-electron chi connectivity index (χ1n) is 11.1. The lowest BCUT2D eigenvalue weighted by atomic mass is 9.90. The lowest BCUT2D eigenvalue weighted by molar-refractivity contribution is -0.118. The van der Waals surface area contributed by atoms with Crippen molar-refractivity contribution >= 4 is 11.6 Å². The van der Waals surface area contributed by atoms with Crippen molar-refractivity contribution in [2.45, 2.75) is 25.8 Å². The molecule has 164 valence electrons. The third kappa shape index (κ3) is 3.50. The molecule has 3 aromatic rings. The van der Waals surface area contributed by atoms with Crippen LogP contribution in [0.1, 0.15) is 25.0 Å². The summed E-state index contributed by atoms with van der Waals surface area (Å²) in [5.41, 5.74) is 2.10. The fourth-order valence-electron chi connectivity index (χ4n) is 5.02.